The van der Waals surface area contributed by atoms with Gasteiger partial charge in [0.2, 0.25) is 5.91 Å². The van der Waals surface area contributed by atoms with Crippen molar-refractivity contribution in [3.8, 4) is 0 Å². The Kier molecular flexibility index (Phi) is 5.13. The van der Waals surface area contributed by atoms with Gasteiger partial charge in [0.15, 0.2) is 0 Å². The van der Waals surface area contributed by atoms with Gasteiger partial charge in [-0.1, -0.05) is 0 Å². The van der Waals surface area contributed by atoms with Crippen molar-refractivity contribution in [2.75, 3.05) is 17.2 Å². The van der Waals surface area contributed by atoms with Crippen molar-refractivity contribution in [3.63, 3.8) is 0 Å². The molecule has 0 fully saturated rings. The highest BCUT2D eigenvalue weighted by molar-refractivity contribution is 5.96. The van der Waals surface area contributed by atoms with E-state index in [9.17, 15) is 19.3 Å². The molecule has 0 saturated heterocycles. The number of benzene rings is 2. The first-order chi connectivity index (χ1) is 11.3. The fourth-order valence-corrected chi connectivity index (χ4v) is 2.25. The minimum absolute atomic E-state index is 0.0868. The molecule has 1 amide bonds. The maximum Gasteiger partial charge on any atom is 0.293 e. The molecule has 0 aliphatic carbocycles. The fraction of sp³-hybridized carbons (Fsp3) is 0.235. The lowest BCUT2D eigenvalue weighted by Crippen LogP contribution is -2.22. The Hall–Kier alpha value is -2.96. The second-order valence-corrected chi connectivity index (χ2v) is 5.57. The van der Waals surface area contributed by atoms with Crippen LogP contribution >= 0.6 is 0 Å². The highest BCUT2D eigenvalue weighted by atomic mass is 19.1. The molecule has 0 aliphatic heterocycles. The van der Waals surface area contributed by atoms with Crippen molar-refractivity contribution in [1.29, 1.82) is 0 Å². The van der Waals surface area contributed by atoms with Crippen molar-refractivity contribution in [2.24, 2.45) is 0 Å². The summed E-state index contributed by atoms with van der Waals surface area (Å²) in [5.74, 6) is -0.779. The van der Waals surface area contributed by atoms with Gasteiger partial charge in [-0.3, -0.25) is 14.9 Å². The van der Waals surface area contributed by atoms with Gasteiger partial charge in [0, 0.05) is 11.8 Å². The summed E-state index contributed by atoms with van der Waals surface area (Å²) in [5, 5.41) is 16.6. The molecule has 2 aromatic carbocycles. The summed E-state index contributed by atoms with van der Waals surface area (Å²) in [6, 6.07) is 7.20. The first kappa shape index (κ1) is 17.4. The number of aryl methyl sites for hydroxylation is 3. The zero-order chi connectivity index (χ0) is 17.9. The van der Waals surface area contributed by atoms with Crippen LogP contribution in [0.3, 0.4) is 0 Å². The van der Waals surface area contributed by atoms with Crippen LogP contribution in [0.15, 0.2) is 30.3 Å². The van der Waals surface area contributed by atoms with Gasteiger partial charge in [0.25, 0.3) is 5.69 Å². The number of hydrogen-bond donors (Lipinski definition) is 2. The van der Waals surface area contributed by atoms with Crippen LogP contribution in [0.1, 0.15) is 16.7 Å². The number of hydrogen-bond acceptors (Lipinski definition) is 4. The molecule has 2 aromatic rings. The summed E-state index contributed by atoms with van der Waals surface area (Å²) >= 11 is 0. The molecule has 0 atom stereocenters. The van der Waals surface area contributed by atoms with Crippen LogP contribution in [-0.2, 0) is 4.79 Å². The van der Waals surface area contributed by atoms with E-state index in [4.69, 9.17) is 0 Å². The Labute approximate surface area is 138 Å². The predicted octanol–water partition coefficient (Wildman–Crippen LogP) is 3.71. The third-order valence-electron chi connectivity index (χ3n) is 3.71. The number of halogens is 1. The lowest BCUT2D eigenvalue weighted by Gasteiger charge is -2.11. The van der Waals surface area contributed by atoms with E-state index in [1.807, 2.05) is 6.92 Å². The summed E-state index contributed by atoms with van der Waals surface area (Å²) in [5.41, 5.74) is 2.93. The van der Waals surface area contributed by atoms with Gasteiger partial charge in [0.1, 0.15) is 11.5 Å². The molecule has 0 aromatic heterocycles. The van der Waals surface area contributed by atoms with Gasteiger partial charge in [-0.25, -0.2) is 4.39 Å². The minimum Gasteiger partial charge on any atom is -0.376 e. The van der Waals surface area contributed by atoms with Crippen molar-refractivity contribution in [2.45, 2.75) is 20.8 Å². The molecule has 0 bridgehead atoms. The highest BCUT2D eigenvalue weighted by Gasteiger charge is 2.17. The molecular formula is C17H18FN3O3. The minimum atomic E-state index is -0.528. The average Bonchev–Trinajstić information content (AvgIpc) is 2.49. The predicted molar refractivity (Wildman–Crippen MR) is 90.8 cm³/mol. The van der Waals surface area contributed by atoms with Gasteiger partial charge in [0.05, 0.1) is 11.5 Å². The SMILES string of the molecule is Cc1cc(NC(=O)CNc2ccc(F)cc2C)c([N+](=O)[O-])cc1C. The van der Waals surface area contributed by atoms with E-state index in [0.717, 1.165) is 11.1 Å². The zero-order valence-electron chi connectivity index (χ0n) is 13.6. The van der Waals surface area contributed by atoms with Crippen LogP contribution in [0, 0.1) is 36.7 Å². The first-order valence-corrected chi connectivity index (χ1v) is 7.33. The van der Waals surface area contributed by atoms with Gasteiger partial charge < -0.3 is 10.6 Å². The summed E-state index contributed by atoms with van der Waals surface area (Å²) in [4.78, 5) is 22.7. The highest BCUT2D eigenvalue weighted by Crippen LogP contribution is 2.27. The summed E-state index contributed by atoms with van der Waals surface area (Å²) in [7, 11) is 0. The van der Waals surface area contributed by atoms with E-state index in [2.05, 4.69) is 10.6 Å². The summed E-state index contributed by atoms with van der Waals surface area (Å²) in [6.45, 7) is 5.22. The van der Waals surface area contributed by atoms with Crippen LogP contribution in [-0.4, -0.2) is 17.4 Å². The van der Waals surface area contributed by atoms with E-state index in [-0.39, 0.29) is 23.7 Å². The lowest BCUT2D eigenvalue weighted by atomic mass is 10.1. The van der Waals surface area contributed by atoms with Crippen molar-refractivity contribution in [1.82, 2.24) is 0 Å². The largest absolute Gasteiger partial charge is 0.376 e. The molecule has 0 spiro atoms. The molecule has 6 nitrogen and oxygen atoms in total. The molecule has 0 radical (unpaired) electrons. The number of rotatable bonds is 5. The summed E-state index contributed by atoms with van der Waals surface area (Å²) < 4.78 is 13.1. The number of nitro benzene ring substituents is 1. The van der Waals surface area contributed by atoms with Gasteiger partial charge in [-0.2, -0.15) is 0 Å². The lowest BCUT2D eigenvalue weighted by molar-refractivity contribution is -0.384. The van der Waals surface area contributed by atoms with E-state index in [0.29, 0.717) is 11.3 Å². The second kappa shape index (κ2) is 7.08. The van der Waals surface area contributed by atoms with Crippen LogP contribution in [0.4, 0.5) is 21.5 Å². The van der Waals surface area contributed by atoms with E-state index < -0.39 is 10.8 Å². The maximum atomic E-state index is 13.1. The topological polar surface area (TPSA) is 84.3 Å². The maximum absolute atomic E-state index is 13.1. The molecule has 2 N–H and O–H groups in total. The summed E-state index contributed by atoms with van der Waals surface area (Å²) in [6.07, 6.45) is 0. The van der Waals surface area contributed by atoms with Gasteiger partial charge >= 0.3 is 0 Å². The van der Waals surface area contributed by atoms with Gasteiger partial charge in [-0.15, -0.1) is 0 Å². The Morgan fingerprint density at radius 2 is 1.75 bits per heavy atom. The molecule has 0 unspecified atom stereocenters. The molecule has 7 heteroatoms. The van der Waals surface area contributed by atoms with E-state index >= 15 is 0 Å². The molecule has 0 aliphatic rings. The van der Waals surface area contributed by atoms with Gasteiger partial charge in [-0.05, 0) is 61.7 Å². The zero-order valence-corrected chi connectivity index (χ0v) is 13.6. The number of nitrogens with one attached hydrogen (secondary N) is 2. The van der Waals surface area contributed by atoms with Crippen molar-refractivity contribution < 1.29 is 14.1 Å². The van der Waals surface area contributed by atoms with E-state index in [1.165, 1.54) is 24.3 Å². The molecule has 126 valence electrons. The van der Waals surface area contributed by atoms with Crippen molar-refractivity contribution >= 4 is 23.0 Å². The normalized spacial score (nSPS) is 10.3. The quantitative estimate of drug-likeness (QED) is 0.646. The van der Waals surface area contributed by atoms with Crippen LogP contribution in [0.25, 0.3) is 0 Å². The number of carbonyl (C=O) groups is 1. The monoisotopic (exact) mass is 331 g/mol. The Bertz CT molecular complexity index is 806. The molecule has 2 rings (SSSR count). The molecule has 0 saturated carbocycles. The van der Waals surface area contributed by atoms with Crippen molar-refractivity contribution in [3.05, 3.63) is 63.0 Å². The van der Waals surface area contributed by atoms with Crippen LogP contribution in [0.2, 0.25) is 0 Å². The molecular weight excluding hydrogens is 313 g/mol. The average molecular weight is 331 g/mol. The number of nitrogens with zero attached hydrogens (tertiary/aromatic N) is 1. The van der Waals surface area contributed by atoms with Crippen LogP contribution < -0.4 is 10.6 Å². The smallest absolute Gasteiger partial charge is 0.293 e. The molecule has 0 heterocycles. The Morgan fingerprint density at radius 1 is 1.08 bits per heavy atom. The Balaban J connectivity index is 2.10. The number of amides is 1. The number of anilines is 2. The second-order valence-electron chi connectivity index (χ2n) is 5.57. The standard InChI is InChI=1S/C17H18FN3O3/c1-10-7-15(16(21(23)24)8-11(10)2)20-17(22)9-19-14-5-4-13(18)6-12(14)3/h4-8,19H,9H2,1-3H3,(H,20,22). The fourth-order valence-electron chi connectivity index (χ4n) is 2.25. The third-order valence-corrected chi connectivity index (χ3v) is 3.71. The van der Waals surface area contributed by atoms with E-state index in [1.54, 1.807) is 19.9 Å². The Morgan fingerprint density at radius 3 is 2.38 bits per heavy atom. The van der Waals surface area contributed by atoms with Crippen LogP contribution in [0.5, 0.6) is 0 Å². The number of nitro groups is 1. The number of carbonyl (C=O) groups excluding carboxylic acids is 1. The first-order valence-electron chi connectivity index (χ1n) is 7.33. The molecule has 24 heavy (non-hydrogen) atoms. The third kappa shape index (κ3) is 4.07.